The molecule has 0 aliphatic carbocycles. The van der Waals surface area contributed by atoms with E-state index >= 15 is 0 Å². The monoisotopic (exact) mass is 315 g/mol. The molecule has 0 aliphatic heterocycles. The predicted octanol–water partition coefficient (Wildman–Crippen LogP) is 3.63. The van der Waals surface area contributed by atoms with Crippen LogP contribution in [0.3, 0.4) is 0 Å². The Bertz CT molecular complexity index is 685. The van der Waals surface area contributed by atoms with Gasteiger partial charge in [0.05, 0.1) is 5.56 Å². The van der Waals surface area contributed by atoms with Crippen molar-refractivity contribution >= 4 is 29.1 Å². The number of carbonyl (C=O) groups excluding carboxylic acids is 2. The highest BCUT2D eigenvalue weighted by Gasteiger charge is 2.10. The summed E-state index contributed by atoms with van der Waals surface area (Å²) in [5.41, 5.74) is 1.19. The molecule has 1 amide bonds. The number of benzene rings is 2. The van der Waals surface area contributed by atoms with Gasteiger partial charge in [0.2, 0.25) is 0 Å². The number of anilines is 1. The van der Waals surface area contributed by atoms with Crippen LogP contribution >= 0.6 is 11.8 Å². The third-order valence-corrected chi connectivity index (χ3v) is 3.70. The third-order valence-electron chi connectivity index (χ3n) is 2.98. The van der Waals surface area contributed by atoms with Gasteiger partial charge in [0.15, 0.2) is 12.4 Å². The molecule has 0 unspecified atom stereocenters. The maximum absolute atomic E-state index is 11.9. The number of carbonyl (C=O) groups is 2. The highest BCUT2D eigenvalue weighted by molar-refractivity contribution is 7.98. The molecule has 0 aromatic heterocycles. The molecule has 0 spiro atoms. The molecule has 0 saturated heterocycles. The minimum absolute atomic E-state index is 0.0938. The second kappa shape index (κ2) is 7.66. The number of ketones is 1. The van der Waals surface area contributed by atoms with Gasteiger partial charge in [-0.15, -0.1) is 11.8 Å². The Labute approximate surface area is 133 Å². The molecular weight excluding hydrogens is 298 g/mol. The van der Waals surface area contributed by atoms with E-state index < -0.39 is 0 Å². The van der Waals surface area contributed by atoms with Gasteiger partial charge in [0, 0.05) is 10.6 Å². The summed E-state index contributed by atoms with van der Waals surface area (Å²) in [6.45, 7) is 1.32. The molecule has 114 valence electrons. The van der Waals surface area contributed by atoms with E-state index in [2.05, 4.69) is 5.32 Å². The Kier molecular flexibility index (Phi) is 5.61. The summed E-state index contributed by atoms with van der Waals surface area (Å²) in [4.78, 5) is 24.5. The maximum Gasteiger partial charge on any atom is 0.262 e. The smallest absolute Gasteiger partial charge is 0.262 e. The molecule has 1 N–H and O–H groups in total. The zero-order chi connectivity index (χ0) is 15.9. The van der Waals surface area contributed by atoms with Crippen molar-refractivity contribution in [2.75, 3.05) is 18.2 Å². The lowest BCUT2D eigenvalue weighted by molar-refractivity contribution is -0.118. The van der Waals surface area contributed by atoms with Crippen LogP contribution in [0.5, 0.6) is 5.75 Å². The van der Waals surface area contributed by atoms with Crippen LogP contribution in [-0.4, -0.2) is 24.6 Å². The first-order valence-electron chi connectivity index (χ1n) is 6.77. The third kappa shape index (κ3) is 4.36. The maximum atomic E-state index is 11.9. The average Bonchev–Trinajstić information content (AvgIpc) is 2.53. The Hall–Kier alpha value is -2.27. The number of rotatable bonds is 6. The summed E-state index contributed by atoms with van der Waals surface area (Å²) >= 11 is 1.61. The molecule has 2 rings (SSSR count). The van der Waals surface area contributed by atoms with Gasteiger partial charge in [0.25, 0.3) is 5.91 Å². The molecule has 0 aliphatic rings. The van der Waals surface area contributed by atoms with E-state index in [1.165, 1.54) is 6.92 Å². The van der Waals surface area contributed by atoms with Gasteiger partial charge < -0.3 is 10.1 Å². The molecule has 5 heteroatoms. The number of ether oxygens (including phenoxy) is 1. The summed E-state index contributed by atoms with van der Waals surface area (Å²) in [5, 5.41) is 2.77. The molecule has 0 fully saturated rings. The standard InChI is InChI=1S/C17H17NO3S/c1-12(19)15-8-3-4-9-16(15)21-11-17(20)18-13-6-5-7-14(10-13)22-2/h3-10H,11H2,1-2H3,(H,18,20). The quantitative estimate of drug-likeness (QED) is 0.653. The van der Waals surface area contributed by atoms with Crippen molar-refractivity contribution in [3.05, 3.63) is 54.1 Å². The van der Waals surface area contributed by atoms with Crippen molar-refractivity contribution in [2.24, 2.45) is 0 Å². The molecule has 0 bridgehead atoms. The van der Waals surface area contributed by atoms with E-state index in [0.29, 0.717) is 11.3 Å². The molecule has 2 aromatic rings. The van der Waals surface area contributed by atoms with Crippen LogP contribution in [0.2, 0.25) is 0 Å². The number of para-hydroxylation sites is 1. The van der Waals surface area contributed by atoms with Crippen LogP contribution < -0.4 is 10.1 Å². The van der Waals surface area contributed by atoms with Gasteiger partial charge >= 0.3 is 0 Å². The number of amides is 1. The van der Waals surface area contributed by atoms with Crippen LogP contribution in [0.1, 0.15) is 17.3 Å². The summed E-state index contributed by atoms with van der Waals surface area (Å²) in [7, 11) is 0. The number of hydrogen-bond donors (Lipinski definition) is 1. The highest BCUT2D eigenvalue weighted by atomic mass is 32.2. The molecular formula is C17H17NO3S. The molecule has 0 heterocycles. The molecule has 2 aromatic carbocycles. The second-order valence-corrected chi connectivity index (χ2v) is 5.50. The first kappa shape index (κ1) is 16.1. The van der Waals surface area contributed by atoms with E-state index in [9.17, 15) is 9.59 Å². The molecule has 0 saturated carbocycles. The Morgan fingerprint density at radius 1 is 1.14 bits per heavy atom. The van der Waals surface area contributed by atoms with Crippen LogP contribution in [0.15, 0.2) is 53.4 Å². The molecule has 0 atom stereocenters. The summed E-state index contributed by atoms with van der Waals surface area (Å²) in [6.07, 6.45) is 1.97. The highest BCUT2D eigenvalue weighted by Crippen LogP contribution is 2.20. The summed E-state index contributed by atoms with van der Waals surface area (Å²) < 4.78 is 5.45. The largest absolute Gasteiger partial charge is 0.483 e. The molecule has 4 nitrogen and oxygen atoms in total. The summed E-state index contributed by atoms with van der Waals surface area (Å²) in [5.74, 6) is 0.0586. The Balaban J connectivity index is 1.97. The van der Waals surface area contributed by atoms with Crippen molar-refractivity contribution in [1.82, 2.24) is 0 Å². The van der Waals surface area contributed by atoms with E-state index in [0.717, 1.165) is 10.6 Å². The normalized spacial score (nSPS) is 10.1. The van der Waals surface area contributed by atoms with Gasteiger partial charge in [-0.3, -0.25) is 9.59 Å². The van der Waals surface area contributed by atoms with Crippen molar-refractivity contribution in [1.29, 1.82) is 0 Å². The zero-order valence-corrected chi connectivity index (χ0v) is 13.3. The number of thioether (sulfide) groups is 1. The van der Waals surface area contributed by atoms with Gasteiger partial charge in [-0.25, -0.2) is 0 Å². The van der Waals surface area contributed by atoms with E-state index in [-0.39, 0.29) is 18.3 Å². The van der Waals surface area contributed by atoms with Crippen LogP contribution in [0.4, 0.5) is 5.69 Å². The molecule has 0 radical (unpaired) electrons. The van der Waals surface area contributed by atoms with Gasteiger partial charge in [0.1, 0.15) is 5.75 Å². The van der Waals surface area contributed by atoms with Crippen molar-refractivity contribution in [3.63, 3.8) is 0 Å². The summed E-state index contributed by atoms with van der Waals surface area (Å²) in [6, 6.07) is 14.5. The van der Waals surface area contributed by atoms with Crippen molar-refractivity contribution in [2.45, 2.75) is 11.8 Å². The van der Waals surface area contributed by atoms with Gasteiger partial charge in [-0.1, -0.05) is 18.2 Å². The van der Waals surface area contributed by atoms with Crippen LogP contribution in [0, 0.1) is 0 Å². The van der Waals surface area contributed by atoms with Gasteiger partial charge in [-0.05, 0) is 43.5 Å². The number of Topliss-reactive ketones (excluding diaryl/α,β-unsaturated/α-hetero) is 1. The Morgan fingerprint density at radius 3 is 2.64 bits per heavy atom. The van der Waals surface area contributed by atoms with Crippen LogP contribution in [0.25, 0.3) is 0 Å². The Morgan fingerprint density at radius 2 is 1.91 bits per heavy atom. The van der Waals surface area contributed by atoms with Crippen molar-refractivity contribution < 1.29 is 14.3 Å². The first-order chi connectivity index (χ1) is 10.6. The minimum atomic E-state index is -0.267. The lowest BCUT2D eigenvalue weighted by atomic mass is 10.1. The number of hydrogen-bond acceptors (Lipinski definition) is 4. The van der Waals surface area contributed by atoms with E-state index in [1.54, 1.807) is 36.0 Å². The average molecular weight is 315 g/mol. The van der Waals surface area contributed by atoms with E-state index in [1.807, 2.05) is 30.5 Å². The fourth-order valence-electron chi connectivity index (χ4n) is 1.92. The van der Waals surface area contributed by atoms with Crippen LogP contribution in [-0.2, 0) is 4.79 Å². The van der Waals surface area contributed by atoms with E-state index in [4.69, 9.17) is 4.74 Å². The minimum Gasteiger partial charge on any atom is -0.483 e. The molecule has 22 heavy (non-hydrogen) atoms. The predicted molar refractivity (Wildman–Crippen MR) is 88.8 cm³/mol. The van der Waals surface area contributed by atoms with Crippen molar-refractivity contribution in [3.8, 4) is 5.75 Å². The fraction of sp³-hybridized carbons (Fsp3) is 0.176. The second-order valence-electron chi connectivity index (χ2n) is 4.62. The SMILES string of the molecule is CSc1cccc(NC(=O)COc2ccccc2C(C)=O)c1. The van der Waals surface area contributed by atoms with Gasteiger partial charge in [-0.2, -0.15) is 0 Å². The zero-order valence-electron chi connectivity index (χ0n) is 12.5. The number of nitrogens with one attached hydrogen (secondary N) is 1. The topological polar surface area (TPSA) is 55.4 Å². The lowest BCUT2D eigenvalue weighted by Gasteiger charge is -2.10. The lowest BCUT2D eigenvalue weighted by Crippen LogP contribution is -2.20. The fourth-order valence-corrected chi connectivity index (χ4v) is 2.38. The first-order valence-corrected chi connectivity index (χ1v) is 7.99.